The molecule has 3 nitrogen and oxygen atoms in total. The summed E-state index contributed by atoms with van der Waals surface area (Å²) in [6, 6.07) is 1.30. The molecule has 0 aliphatic carbocycles. The van der Waals surface area contributed by atoms with Crippen molar-refractivity contribution >= 4 is 16.9 Å². The second kappa shape index (κ2) is 4.47. The predicted molar refractivity (Wildman–Crippen MR) is 74.7 cm³/mol. The van der Waals surface area contributed by atoms with Crippen LogP contribution >= 0.6 is 11.8 Å². The van der Waals surface area contributed by atoms with E-state index >= 15 is 0 Å². The zero-order valence-electron chi connectivity index (χ0n) is 10.9. The highest BCUT2D eigenvalue weighted by Gasteiger charge is 2.37. The van der Waals surface area contributed by atoms with Crippen LogP contribution in [-0.4, -0.2) is 46.5 Å². The third-order valence-corrected chi connectivity index (χ3v) is 5.15. The molecule has 17 heavy (non-hydrogen) atoms. The van der Waals surface area contributed by atoms with Crippen LogP contribution in [0.1, 0.15) is 39.5 Å². The maximum Gasteiger partial charge on any atom is 0.157 e. The largest absolute Gasteiger partial charge is 0.360 e. The van der Waals surface area contributed by atoms with E-state index in [-0.39, 0.29) is 5.54 Å². The van der Waals surface area contributed by atoms with Gasteiger partial charge in [-0.05, 0) is 46.1 Å². The number of hydrogen-bond acceptors (Lipinski definition) is 3. The van der Waals surface area contributed by atoms with Gasteiger partial charge in [-0.3, -0.25) is 9.89 Å². The summed E-state index contributed by atoms with van der Waals surface area (Å²) >= 11 is 1.91. The topological polar surface area (TPSA) is 27.6 Å². The second-order valence-electron chi connectivity index (χ2n) is 6.14. The van der Waals surface area contributed by atoms with Crippen molar-refractivity contribution in [1.82, 2.24) is 10.2 Å². The average molecular weight is 253 g/mol. The minimum absolute atomic E-state index is 0.234. The molecule has 3 aliphatic rings. The monoisotopic (exact) mass is 253 g/mol. The molecule has 0 aromatic heterocycles. The van der Waals surface area contributed by atoms with Gasteiger partial charge in [-0.2, -0.15) is 0 Å². The van der Waals surface area contributed by atoms with Crippen LogP contribution in [0.25, 0.3) is 0 Å². The summed E-state index contributed by atoms with van der Waals surface area (Å²) in [5.41, 5.74) is 0.234. The van der Waals surface area contributed by atoms with Crippen LogP contribution in [0.5, 0.6) is 0 Å². The minimum Gasteiger partial charge on any atom is -0.360 e. The molecule has 0 aromatic rings. The van der Waals surface area contributed by atoms with Gasteiger partial charge in [-0.25, -0.2) is 0 Å². The van der Waals surface area contributed by atoms with E-state index in [4.69, 9.17) is 4.99 Å². The summed E-state index contributed by atoms with van der Waals surface area (Å²) in [5.74, 6) is 1.21. The molecule has 0 aromatic carbocycles. The van der Waals surface area contributed by atoms with Crippen molar-refractivity contribution < 1.29 is 0 Å². The van der Waals surface area contributed by atoms with Gasteiger partial charge < -0.3 is 5.32 Å². The molecular weight excluding hydrogens is 230 g/mol. The lowest BCUT2D eigenvalue weighted by Gasteiger charge is -2.33. The average Bonchev–Trinajstić information content (AvgIpc) is 2.81. The Bertz CT molecular complexity index is 327. The predicted octanol–water partition coefficient (Wildman–Crippen LogP) is 2.08. The number of thioether (sulfide) groups is 1. The zero-order valence-corrected chi connectivity index (χ0v) is 11.7. The van der Waals surface area contributed by atoms with Gasteiger partial charge in [0, 0.05) is 23.9 Å². The Kier molecular flexibility index (Phi) is 3.11. The van der Waals surface area contributed by atoms with Gasteiger partial charge in [0.25, 0.3) is 0 Å². The molecule has 3 aliphatic heterocycles. The van der Waals surface area contributed by atoms with Crippen molar-refractivity contribution in [2.45, 2.75) is 57.2 Å². The van der Waals surface area contributed by atoms with E-state index in [1.165, 1.54) is 49.7 Å². The van der Waals surface area contributed by atoms with Crippen LogP contribution < -0.4 is 5.32 Å². The Morgan fingerprint density at radius 3 is 3.06 bits per heavy atom. The number of nitrogens with zero attached hydrogens (tertiary/aromatic N) is 2. The Morgan fingerprint density at radius 2 is 2.24 bits per heavy atom. The third kappa shape index (κ3) is 2.48. The lowest BCUT2D eigenvalue weighted by Crippen LogP contribution is -2.46. The van der Waals surface area contributed by atoms with E-state index in [0.29, 0.717) is 6.04 Å². The standard InChI is InChI=1S/C13H23N3S/c1-13(2)6-9-17-12(15-13)14-10-5-8-16-7-3-4-11(10)16/h10-11H,3-9H2,1-2H3,(H,14,15). The van der Waals surface area contributed by atoms with Crippen LogP contribution in [0.4, 0.5) is 0 Å². The Labute approximate surface area is 108 Å². The summed E-state index contributed by atoms with van der Waals surface area (Å²) in [5, 5.41) is 4.79. The van der Waals surface area contributed by atoms with Crippen molar-refractivity contribution in [3.8, 4) is 0 Å². The molecule has 2 atom stereocenters. The SMILES string of the molecule is CC1(C)CCSC(=NC2CCN3CCCC23)N1. The summed E-state index contributed by atoms with van der Waals surface area (Å²) in [6.45, 7) is 7.12. The molecule has 96 valence electrons. The second-order valence-corrected chi connectivity index (χ2v) is 7.23. The van der Waals surface area contributed by atoms with Crippen molar-refractivity contribution in [3.63, 3.8) is 0 Å². The van der Waals surface area contributed by atoms with Crippen LogP contribution in [0.3, 0.4) is 0 Å². The van der Waals surface area contributed by atoms with Crippen LogP contribution in [0.2, 0.25) is 0 Å². The van der Waals surface area contributed by atoms with Crippen molar-refractivity contribution in [2.75, 3.05) is 18.8 Å². The van der Waals surface area contributed by atoms with Crippen LogP contribution in [0, 0.1) is 0 Å². The molecular formula is C13H23N3S. The number of rotatable bonds is 1. The van der Waals surface area contributed by atoms with Gasteiger partial charge in [-0.15, -0.1) is 0 Å². The van der Waals surface area contributed by atoms with Crippen molar-refractivity contribution in [1.29, 1.82) is 0 Å². The first-order chi connectivity index (χ1) is 8.14. The van der Waals surface area contributed by atoms with Crippen molar-refractivity contribution in [3.05, 3.63) is 0 Å². The smallest absolute Gasteiger partial charge is 0.157 e. The maximum atomic E-state index is 5.00. The van der Waals surface area contributed by atoms with Gasteiger partial charge in [0.05, 0.1) is 6.04 Å². The molecule has 0 spiro atoms. The number of nitrogens with one attached hydrogen (secondary N) is 1. The molecule has 0 radical (unpaired) electrons. The molecule has 0 saturated carbocycles. The van der Waals surface area contributed by atoms with E-state index in [1.807, 2.05) is 11.8 Å². The van der Waals surface area contributed by atoms with E-state index in [0.717, 1.165) is 6.04 Å². The first-order valence-electron chi connectivity index (χ1n) is 6.87. The minimum atomic E-state index is 0.234. The molecule has 3 heterocycles. The van der Waals surface area contributed by atoms with Crippen molar-refractivity contribution in [2.24, 2.45) is 4.99 Å². The van der Waals surface area contributed by atoms with Crippen LogP contribution in [0.15, 0.2) is 4.99 Å². The Morgan fingerprint density at radius 1 is 1.35 bits per heavy atom. The highest BCUT2D eigenvalue weighted by Crippen LogP contribution is 2.31. The van der Waals surface area contributed by atoms with Gasteiger partial charge in [0.2, 0.25) is 0 Å². The van der Waals surface area contributed by atoms with E-state index in [1.54, 1.807) is 0 Å². The summed E-state index contributed by atoms with van der Waals surface area (Å²) in [7, 11) is 0. The molecule has 1 N–H and O–H groups in total. The summed E-state index contributed by atoms with van der Waals surface area (Å²) in [4.78, 5) is 7.63. The molecule has 2 unspecified atom stereocenters. The molecule has 0 amide bonds. The highest BCUT2D eigenvalue weighted by atomic mass is 32.2. The van der Waals surface area contributed by atoms with E-state index in [2.05, 4.69) is 24.1 Å². The summed E-state index contributed by atoms with van der Waals surface area (Å²) in [6.07, 6.45) is 5.22. The quantitative estimate of drug-likeness (QED) is 0.775. The molecule has 3 saturated heterocycles. The lowest BCUT2D eigenvalue weighted by molar-refractivity contribution is 0.314. The maximum absolute atomic E-state index is 5.00. The van der Waals surface area contributed by atoms with E-state index in [9.17, 15) is 0 Å². The Hall–Kier alpha value is -0.220. The first kappa shape index (κ1) is 11.8. The fourth-order valence-corrected chi connectivity index (χ4v) is 4.58. The highest BCUT2D eigenvalue weighted by molar-refractivity contribution is 8.13. The first-order valence-corrected chi connectivity index (χ1v) is 7.85. The fraction of sp³-hybridized carbons (Fsp3) is 0.923. The van der Waals surface area contributed by atoms with Gasteiger partial charge >= 0.3 is 0 Å². The molecule has 3 fully saturated rings. The van der Waals surface area contributed by atoms with Gasteiger partial charge in [-0.1, -0.05) is 11.8 Å². The Balaban J connectivity index is 1.69. The normalized spacial score (nSPS) is 39.3. The number of aliphatic imine (C=N–C) groups is 1. The molecule has 0 bridgehead atoms. The number of fused-ring (bicyclic) bond motifs is 1. The number of hydrogen-bond donors (Lipinski definition) is 1. The van der Waals surface area contributed by atoms with Gasteiger partial charge in [0.15, 0.2) is 5.17 Å². The summed E-state index contributed by atoms with van der Waals surface area (Å²) < 4.78 is 0. The lowest BCUT2D eigenvalue weighted by atomic mass is 10.0. The number of amidine groups is 1. The molecule has 3 rings (SSSR count). The fourth-order valence-electron chi connectivity index (χ4n) is 3.22. The van der Waals surface area contributed by atoms with E-state index < -0.39 is 0 Å². The zero-order chi connectivity index (χ0) is 11.9. The van der Waals surface area contributed by atoms with Crippen LogP contribution in [-0.2, 0) is 0 Å². The third-order valence-electron chi connectivity index (χ3n) is 4.26. The molecule has 4 heteroatoms. The van der Waals surface area contributed by atoms with Gasteiger partial charge in [0.1, 0.15) is 0 Å².